The number of rotatable bonds is 4. The van der Waals surface area contributed by atoms with Crippen molar-refractivity contribution < 1.29 is 17.6 Å². The Balaban J connectivity index is 1.79. The Morgan fingerprint density at radius 2 is 1.88 bits per heavy atom. The fraction of sp³-hybridized carbons (Fsp3) is 0.312. The lowest BCUT2D eigenvalue weighted by atomic mass is 10.1. The van der Waals surface area contributed by atoms with Crippen molar-refractivity contribution in [2.75, 3.05) is 17.8 Å². The first kappa shape index (κ1) is 16.9. The molecule has 1 fully saturated rings. The van der Waals surface area contributed by atoms with Gasteiger partial charge in [0, 0.05) is 18.5 Å². The maximum Gasteiger partial charge on any atom is 0.271 e. The lowest BCUT2D eigenvalue weighted by Gasteiger charge is -2.26. The van der Waals surface area contributed by atoms with E-state index < -0.39 is 15.8 Å². The standard InChI is InChI=1S/C16H17FN2O3S2/c17-13-6-2-3-7-14(13)18-24(21,22)15-10-12(11-23-15)16(20)19-8-4-1-5-9-19/h2-3,6-7,10-11,18H,1,4-5,8-9H2. The number of likely N-dealkylation sites (tertiary alicyclic amines) is 1. The molecular weight excluding hydrogens is 351 g/mol. The van der Waals surface area contributed by atoms with Crippen LogP contribution in [0, 0.1) is 5.82 Å². The van der Waals surface area contributed by atoms with E-state index in [2.05, 4.69) is 4.72 Å². The summed E-state index contributed by atoms with van der Waals surface area (Å²) in [5, 5.41) is 1.53. The molecule has 24 heavy (non-hydrogen) atoms. The zero-order chi connectivity index (χ0) is 17.2. The summed E-state index contributed by atoms with van der Waals surface area (Å²) in [5.74, 6) is -0.805. The molecular formula is C16H17FN2O3S2. The van der Waals surface area contributed by atoms with Gasteiger partial charge in [-0.05, 0) is 37.5 Å². The molecule has 2 heterocycles. The van der Waals surface area contributed by atoms with Gasteiger partial charge in [0.05, 0.1) is 11.3 Å². The summed E-state index contributed by atoms with van der Waals surface area (Å²) in [4.78, 5) is 14.2. The van der Waals surface area contributed by atoms with Crippen molar-refractivity contribution in [1.82, 2.24) is 4.90 Å². The zero-order valence-corrected chi connectivity index (χ0v) is 14.5. The van der Waals surface area contributed by atoms with Gasteiger partial charge in [0.25, 0.3) is 15.9 Å². The Bertz CT molecular complexity index is 843. The maximum atomic E-state index is 13.6. The molecule has 0 saturated carbocycles. The van der Waals surface area contributed by atoms with E-state index in [0.29, 0.717) is 18.7 Å². The van der Waals surface area contributed by atoms with E-state index in [9.17, 15) is 17.6 Å². The number of thiophene rings is 1. The van der Waals surface area contributed by atoms with E-state index >= 15 is 0 Å². The van der Waals surface area contributed by atoms with Gasteiger partial charge in [-0.2, -0.15) is 0 Å². The number of anilines is 1. The van der Waals surface area contributed by atoms with Crippen LogP contribution in [0.3, 0.4) is 0 Å². The number of piperidine rings is 1. The normalized spacial score (nSPS) is 15.3. The molecule has 1 aromatic heterocycles. The molecule has 0 radical (unpaired) electrons. The van der Waals surface area contributed by atoms with Gasteiger partial charge in [-0.3, -0.25) is 9.52 Å². The average Bonchev–Trinajstić information content (AvgIpc) is 3.08. The van der Waals surface area contributed by atoms with Crippen LogP contribution in [0.25, 0.3) is 0 Å². The number of sulfonamides is 1. The van der Waals surface area contributed by atoms with E-state index in [-0.39, 0.29) is 15.8 Å². The number of carbonyl (C=O) groups excluding carboxylic acids is 1. The molecule has 1 aliphatic rings. The molecule has 1 amide bonds. The van der Waals surface area contributed by atoms with Gasteiger partial charge < -0.3 is 4.90 Å². The number of hydrogen-bond acceptors (Lipinski definition) is 4. The van der Waals surface area contributed by atoms with Crippen molar-refractivity contribution in [2.45, 2.75) is 23.5 Å². The number of nitrogens with zero attached hydrogens (tertiary/aromatic N) is 1. The second-order valence-electron chi connectivity index (χ2n) is 5.59. The number of nitrogens with one attached hydrogen (secondary N) is 1. The number of amides is 1. The van der Waals surface area contributed by atoms with Crippen LogP contribution in [-0.2, 0) is 10.0 Å². The number of para-hydroxylation sites is 1. The summed E-state index contributed by atoms with van der Waals surface area (Å²) in [5.41, 5.74) is 0.241. The lowest BCUT2D eigenvalue weighted by Crippen LogP contribution is -2.35. The second-order valence-corrected chi connectivity index (χ2v) is 8.41. The fourth-order valence-electron chi connectivity index (χ4n) is 2.59. The summed E-state index contributed by atoms with van der Waals surface area (Å²) < 4.78 is 40.6. The first-order valence-corrected chi connectivity index (χ1v) is 9.99. The average molecular weight is 368 g/mol. The van der Waals surface area contributed by atoms with E-state index in [1.807, 2.05) is 0 Å². The van der Waals surface area contributed by atoms with Crippen molar-refractivity contribution in [3.05, 3.63) is 47.1 Å². The number of benzene rings is 1. The molecule has 3 rings (SSSR count). The molecule has 0 spiro atoms. The monoisotopic (exact) mass is 368 g/mol. The molecule has 2 aromatic rings. The van der Waals surface area contributed by atoms with Gasteiger partial charge in [0.1, 0.15) is 10.0 Å². The van der Waals surface area contributed by atoms with E-state index in [0.717, 1.165) is 30.6 Å². The Morgan fingerprint density at radius 1 is 1.17 bits per heavy atom. The summed E-state index contributed by atoms with van der Waals surface area (Å²) in [7, 11) is -3.92. The maximum absolute atomic E-state index is 13.6. The Labute approximate surface area is 144 Å². The first-order chi connectivity index (χ1) is 11.5. The van der Waals surface area contributed by atoms with E-state index in [1.54, 1.807) is 11.0 Å². The number of halogens is 1. The molecule has 0 unspecified atom stereocenters. The van der Waals surface area contributed by atoms with Gasteiger partial charge in [-0.15, -0.1) is 11.3 Å². The van der Waals surface area contributed by atoms with Crippen LogP contribution in [-0.4, -0.2) is 32.3 Å². The quantitative estimate of drug-likeness (QED) is 0.900. The van der Waals surface area contributed by atoms with Crippen LogP contribution in [0.4, 0.5) is 10.1 Å². The highest BCUT2D eigenvalue weighted by molar-refractivity contribution is 7.94. The molecule has 0 atom stereocenters. The fourth-order valence-corrected chi connectivity index (χ4v) is 4.81. The van der Waals surface area contributed by atoms with E-state index in [1.165, 1.54) is 29.6 Å². The predicted molar refractivity (Wildman–Crippen MR) is 91.3 cm³/mol. The minimum absolute atomic E-state index is 0.00823. The van der Waals surface area contributed by atoms with Gasteiger partial charge in [0.15, 0.2) is 0 Å². The Morgan fingerprint density at radius 3 is 2.58 bits per heavy atom. The molecule has 0 aliphatic carbocycles. The Hall–Kier alpha value is -1.93. The Kier molecular flexibility index (Phi) is 4.86. The van der Waals surface area contributed by atoms with Gasteiger partial charge >= 0.3 is 0 Å². The topological polar surface area (TPSA) is 66.5 Å². The summed E-state index contributed by atoms with van der Waals surface area (Å²) in [6.45, 7) is 1.40. The third-order valence-electron chi connectivity index (χ3n) is 3.85. The van der Waals surface area contributed by atoms with Crippen molar-refractivity contribution >= 4 is 33.0 Å². The minimum atomic E-state index is -3.92. The van der Waals surface area contributed by atoms with Crippen LogP contribution in [0.1, 0.15) is 29.6 Å². The summed E-state index contributed by atoms with van der Waals surface area (Å²) in [6, 6.07) is 6.90. The summed E-state index contributed by atoms with van der Waals surface area (Å²) >= 11 is 0.954. The third kappa shape index (κ3) is 3.59. The highest BCUT2D eigenvalue weighted by Gasteiger charge is 2.23. The van der Waals surface area contributed by atoms with Crippen LogP contribution >= 0.6 is 11.3 Å². The van der Waals surface area contributed by atoms with Crippen LogP contribution in [0.2, 0.25) is 0 Å². The van der Waals surface area contributed by atoms with E-state index in [4.69, 9.17) is 0 Å². The number of carbonyl (C=O) groups is 1. The summed E-state index contributed by atoms with van der Waals surface area (Å²) in [6.07, 6.45) is 3.05. The van der Waals surface area contributed by atoms with Crippen LogP contribution in [0.5, 0.6) is 0 Å². The van der Waals surface area contributed by atoms with Gasteiger partial charge in [0.2, 0.25) is 0 Å². The first-order valence-electron chi connectivity index (χ1n) is 7.62. The van der Waals surface area contributed by atoms with Crippen LogP contribution < -0.4 is 4.72 Å². The van der Waals surface area contributed by atoms with Crippen molar-refractivity contribution in [3.8, 4) is 0 Å². The SMILES string of the molecule is O=C(c1csc(S(=O)(=O)Nc2ccccc2F)c1)N1CCCCC1. The highest BCUT2D eigenvalue weighted by atomic mass is 32.2. The second kappa shape index (κ2) is 6.90. The van der Waals surface area contributed by atoms with Gasteiger partial charge in [-0.1, -0.05) is 12.1 Å². The molecule has 1 aromatic carbocycles. The van der Waals surface area contributed by atoms with Crippen LogP contribution in [0.15, 0.2) is 39.9 Å². The predicted octanol–water partition coefficient (Wildman–Crippen LogP) is 3.31. The smallest absolute Gasteiger partial charge is 0.271 e. The van der Waals surface area contributed by atoms with Gasteiger partial charge in [-0.25, -0.2) is 12.8 Å². The molecule has 1 N–H and O–H groups in total. The molecule has 1 aliphatic heterocycles. The molecule has 128 valence electrons. The minimum Gasteiger partial charge on any atom is -0.339 e. The molecule has 1 saturated heterocycles. The van der Waals surface area contributed by atoms with Crippen molar-refractivity contribution in [3.63, 3.8) is 0 Å². The number of hydrogen-bond donors (Lipinski definition) is 1. The highest BCUT2D eigenvalue weighted by Crippen LogP contribution is 2.25. The lowest BCUT2D eigenvalue weighted by molar-refractivity contribution is 0.0725. The van der Waals surface area contributed by atoms with Crippen molar-refractivity contribution in [2.24, 2.45) is 0 Å². The zero-order valence-electron chi connectivity index (χ0n) is 12.9. The van der Waals surface area contributed by atoms with Crippen molar-refractivity contribution in [1.29, 1.82) is 0 Å². The molecule has 8 heteroatoms. The molecule has 0 bridgehead atoms. The molecule has 5 nitrogen and oxygen atoms in total. The third-order valence-corrected chi connectivity index (χ3v) is 6.65. The largest absolute Gasteiger partial charge is 0.339 e.